The highest BCUT2D eigenvalue weighted by molar-refractivity contribution is 7.89. The Kier molecular flexibility index (Phi) is 6.22. The SMILES string of the molecule is CCN1CCCC1CNC(=O)c1cc(S(=O)(=O)N2CCCC2)ccc1Cl. The Morgan fingerprint density at radius 3 is 2.65 bits per heavy atom. The van der Waals surface area contributed by atoms with Gasteiger partial charge in [-0.05, 0) is 57.0 Å². The molecular formula is C18H26ClN3O3S. The Bertz CT molecular complexity index is 763. The van der Waals surface area contributed by atoms with Crippen molar-refractivity contribution in [3.05, 3.63) is 28.8 Å². The molecule has 0 spiro atoms. The summed E-state index contributed by atoms with van der Waals surface area (Å²) in [5.74, 6) is -0.323. The van der Waals surface area contributed by atoms with E-state index in [1.165, 1.54) is 22.5 Å². The van der Waals surface area contributed by atoms with Crippen LogP contribution in [0, 0.1) is 0 Å². The molecule has 144 valence electrons. The molecule has 0 bridgehead atoms. The van der Waals surface area contributed by atoms with Crippen LogP contribution in [0.2, 0.25) is 5.02 Å². The standard InChI is InChI=1S/C18H26ClN3O3S/c1-2-21-9-5-6-14(21)13-20-18(23)16-12-15(7-8-17(16)19)26(24,25)22-10-3-4-11-22/h7-8,12,14H,2-6,9-11,13H2,1H3,(H,20,23). The summed E-state index contributed by atoms with van der Waals surface area (Å²) in [4.78, 5) is 15.1. The van der Waals surface area contributed by atoms with E-state index in [9.17, 15) is 13.2 Å². The van der Waals surface area contributed by atoms with Crippen molar-refractivity contribution in [2.45, 2.75) is 43.5 Å². The molecule has 1 N–H and O–H groups in total. The number of sulfonamides is 1. The second kappa shape index (κ2) is 8.25. The van der Waals surface area contributed by atoms with E-state index in [1.54, 1.807) is 0 Å². The average molecular weight is 400 g/mol. The number of hydrogen-bond donors (Lipinski definition) is 1. The number of likely N-dealkylation sites (tertiary alicyclic amines) is 1. The maximum absolute atomic E-state index is 12.7. The molecule has 2 saturated heterocycles. The van der Waals surface area contributed by atoms with E-state index in [4.69, 9.17) is 11.6 Å². The molecule has 1 atom stereocenters. The second-order valence-corrected chi connectivity index (χ2v) is 9.23. The number of nitrogens with one attached hydrogen (secondary N) is 1. The molecule has 1 amide bonds. The fraction of sp³-hybridized carbons (Fsp3) is 0.611. The third kappa shape index (κ3) is 4.06. The van der Waals surface area contributed by atoms with Crippen molar-refractivity contribution in [3.8, 4) is 0 Å². The van der Waals surface area contributed by atoms with Crippen LogP contribution in [-0.4, -0.2) is 62.3 Å². The zero-order valence-corrected chi connectivity index (χ0v) is 16.7. The smallest absolute Gasteiger partial charge is 0.252 e. The summed E-state index contributed by atoms with van der Waals surface area (Å²) in [5, 5.41) is 3.19. The molecule has 2 aliphatic rings. The molecule has 26 heavy (non-hydrogen) atoms. The number of carbonyl (C=O) groups excluding carboxylic acids is 1. The molecule has 0 radical (unpaired) electrons. The maximum Gasteiger partial charge on any atom is 0.252 e. The number of benzene rings is 1. The molecule has 0 saturated carbocycles. The van der Waals surface area contributed by atoms with Gasteiger partial charge >= 0.3 is 0 Å². The molecule has 2 aliphatic heterocycles. The predicted molar refractivity (Wildman–Crippen MR) is 102 cm³/mol. The number of likely N-dealkylation sites (N-methyl/N-ethyl adjacent to an activating group) is 1. The molecule has 8 heteroatoms. The molecule has 6 nitrogen and oxygen atoms in total. The van der Waals surface area contributed by atoms with Crippen LogP contribution in [0.4, 0.5) is 0 Å². The predicted octanol–water partition coefficient (Wildman–Crippen LogP) is 2.34. The Morgan fingerprint density at radius 1 is 1.23 bits per heavy atom. The lowest BCUT2D eigenvalue weighted by Crippen LogP contribution is -2.40. The van der Waals surface area contributed by atoms with Gasteiger partial charge in [-0.3, -0.25) is 9.69 Å². The van der Waals surface area contributed by atoms with E-state index in [1.807, 2.05) is 0 Å². The summed E-state index contributed by atoms with van der Waals surface area (Å²) in [6.07, 6.45) is 3.94. The summed E-state index contributed by atoms with van der Waals surface area (Å²) in [6.45, 7) is 5.74. The molecular weight excluding hydrogens is 374 g/mol. The minimum atomic E-state index is -3.57. The number of rotatable bonds is 6. The topological polar surface area (TPSA) is 69.7 Å². The number of amides is 1. The summed E-state index contributed by atoms with van der Waals surface area (Å²) in [7, 11) is -3.57. The van der Waals surface area contributed by atoms with E-state index in [2.05, 4.69) is 17.1 Å². The Morgan fingerprint density at radius 2 is 1.96 bits per heavy atom. The van der Waals surface area contributed by atoms with E-state index in [0.29, 0.717) is 25.7 Å². The van der Waals surface area contributed by atoms with Gasteiger partial charge in [-0.2, -0.15) is 4.31 Å². The first-order chi connectivity index (χ1) is 12.4. The van der Waals surface area contributed by atoms with Gasteiger partial charge in [0.2, 0.25) is 10.0 Å². The van der Waals surface area contributed by atoms with Gasteiger partial charge in [0.1, 0.15) is 0 Å². The van der Waals surface area contributed by atoms with Gasteiger partial charge in [-0.1, -0.05) is 18.5 Å². The second-order valence-electron chi connectivity index (χ2n) is 6.89. The summed E-state index contributed by atoms with van der Waals surface area (Å²) in [6, 6.07) is 4.70. The largest absolute Gasteiger partial charge is 0.350 e. The van der Waals surface area contributed by atoms with E-state index in [0.717, 1.165) is 38.8 Å². The van der Waals surface area contributed by atoms with Crippen molar-refractivity contribution in [1.29, 1.82) is 0 Å². The lowest BCUT2D eigenvalue weighted by molar-refractivity contribution is 0.0941. The lowest BCUT2D eigenvalue weighted by Gasteiger charge is -2.23. The number of halogens is 1. The zero-order chi connectivity index (χ0) is 18.7. The molecule has 1 aromatic carbocycles. The van der Waals surface area contributed by atoms with Gasteiger partial charge in [0.15, 0.2) is 0 Å². The van der Waals surface area contributed by atoms with Crippen LogP contribution < -0.4 is 5.32 Å². The van der Waals surface area contributed by atoms with Crippen molar-refractivity contribution in [2.24, 2.45) is 0 Å². The van der Waals surface area contributed by atoms with Crippen LogP contribution in [0.15, 0.2) is 23.1 Å². The van der Waals surface area contributed by atoms with Crippen molar-refractivity contribution in [3.63, 3.8) is 0 Å². The van der Waals surface area contributed by atoms with Crippen molar-refractivity contribution >= 4 is 27.5 Å². The van der Waals surface area contributed by atoms with Gasteiger partial charge in [0.25, 0.3) is 5.91 Å². The fourth-order valence-electron chi connectivity index (χ4n) is 3.76. The fourth-order valence-corrected chi connectivity index (χ4v) is 5.51. The summed E-state index contributed by atoms with van der Waals surface area (Å²) < 4.78 is 26.9. The molecule has 0 aromatic heterocycles. The van der Waals surface area contributed by atoms with Crippen molar-refractivity contribution < 1.29 is 13.2 Å². The Balaban J connectivity index is 1.74. The van der Waals surface area contributed by atoms with E-state index in [-0.39, 0.29) is 21.4 Å². The molecule has 1 unspecified atom stereocenters. The lowest BCUT2D eigenvalue weighted by atomic mass is 10.2. The van der Waals surface area contributed by atoms with Crippen LogP contribution in [-0.2, 0) is 10.0 Å². The molecule has 2 heterocycles. The highest BCUT2D eigenvalue weighted by atomic mass is 35.5. The van der Waals surface area contributed by atoms with E-state index < -0.39 is 10.0 Å². The molecule has 0 aliphatic carbocycles. The minimum absolute atomic E-state index is 0.130. The third-order valence-corrected chi connectivity index (χ3v) is 7.51. The van der Waals surface area contributed by atoms with Crippen molar-refractivity contribution in [1.82, 2.24) is 14.5 Å². The van der Waals surface area contributed by atoms with Crippen LogP contribution >= 0.6 is 11.6 Å². The van der Waals surface area contributed by atoms with Gasteiger partial charge < -0.3 is 5.32 Å². The number of carbonyl (C=O) groups is 1. The van der Waals surface area contributed by atoms with Crippen LogP contribution in [0.5, 0.6) is 0 Å². The Hall–Kier alpha value is -1.15. The molecule has 1 aromatic rings. The highest BCUT2D eigenvalue weighted by Gasteiger charge is 2.29. The quantitative estimate of drug-likeness (QED) is 0.797. The van der Waals surface area contributed by atoms with Gasteiger partial charge in [-0.15, -0.1) is 0 Å². The Labute approximate surface area is 160 Å². The van der Waals surface area contributed by atoms with E-state index >= 15 is 0 Å². The first kappa shape index (κ1) is 19.6. The first-order valence-corrected chi connectivity index (χ1v) is 11.1. The highest BCUT2D eigenvalue weighted by Crippen LogP contribution is 2.25. The number of hydrogen-bond acceptors (Lipinski definition) is 4. The molecule has 3 rings (SSSR count). The van der Waals surface area contributed by atoms with Gasteiger partial charge in [0, 0.05) is 25.7 Å². The van der Waals surface area contributed by atoms with Crippen LogP contribution in [0.3, 0.4) is 0 Å². The third-order valence-electron chi connectivity index (χ3n) is 5.29. The maximum atomic E-state index is 12.7. The van der Waals surface area contributed by atoms with Crippen LogP contribution in [0.25, 0.3) is 0 Å². The van der Waals surface area contributed by atoms with Gasteiger partial charge in [-0.25, -0.2) is 8.42 Å². The minimum Gasteiger partial charge on any atom is -0.350 e. The normalized spacial score (nSPS) is 22.0. The monoisotopic (exact) mass is 399 g/mol. The summed E-state index contributed by atoms with van der Waals surface area (Å²) in [5.41, 5.74) is 0.216. The number of nitrogens with zero attached hydrogens (tertiary/aromatic N) is 2. The molecule has 2 fully saturated rings. The van der Waals surface area contributed by atoms with Crippen molar-refractivity contribution in [2.75, 3.05) is 32.7 Å². The average Bonchev–Trinajstić information content (AvgIpc) is 3.31. The summed E-state index contributed by atoms with van der Waals surface area (Å²) >= 11 is 6.17. The van der Waals surface area contributed by atoms with Crippen LogP contribution in [0.1, 0.15) is 43.0 Å². The van der Waals surface area contributed by atoms with Gasteiger partial charge in [0.05, 0.1) is 15.5 Å². The zero-order valence-electron chi connectivity index (χ0n) is 15.1. The first-order valence-electron chi connectivity index (χ1n) is 9.25.